The molecular weight excluding hydrogens is 341 g/mol. The summed E-state index contributed by atoms with van der Waals surface area (Å²) in [4.78, 5) is 14.1. The van der Waals surface area contributed by atoms with Crippen molar-refractivity contribution in [1.29, 1.82) is 0 Å². The first kappa shape index (κ1) is 18.3. The Labute approximate surface area is 150 Å². The van der Waals surface area contributed by atoms with Gasteiger partial charge in [0.2, 0.25) is 5.91 Å². The normalized spacial score (nSPS) is 18.0. The molecule has 1 N–H and O–H groups in total. The number of hydrogen-bond acceptors (Lipinski definition) is 2. The smallest absolute Gasteiger partial charge is 0.220 e. The van der Waals surface area contributed by atoms with Crippen LogP contribution in [0.25, 0.3) is 0 Å². The Morgan fingerprint density at radius 2 is 1.96 bits per heavy atom. The Balaban J connectivity index is 1.54. The number of nitrogens with zero attached hydrogens (tertiary/aromatic N) is 1. The molecule has 2 aromatic carbocycles. The number of carbonyl (C=O) groups excluding carboxylic acids is 1. The summed E-state index contributed by atoms with van der Waals surface area (Å²) in [5.41, 5.74) is 1.12. The number of carbonyl (C=O) groups is 1. The monoisotopic (exact) mass is 362 g/mol. The van der Waals surface area contributed by atoms with Gasteiger partial charge in [0.05, 0.1) is 5.69 Å². The van der Waals surface area contributed by atoms with Crippen molar-refractivity contribution in [1.82, 2.24) is 5.32 Å². The summed E-state index contributed by atoms with van der Waals surface area (Å²) in [5, 5.41) is 2.95. The van der Waals surface area contributed by atoms with Crippen molar-refractivity contribution in [3.63, 3.8) is 0 Å². The quantitative estimate of drug-likeness (QED) is 0.872. The van der Waals surface area contributed by atoms with Gasteiger partial charge in [-0.25, -0.2) is 13.2 Å². The Hall–Kier alpha value is -2.50. The zero-order chi connectivity index (χ0) is 18.7. The molecule has 0 bridgehead atoms. The van der Waals surface area contributed by atoms with Gasteiger partial charge >= 0.3 is 0 Å². The highest BCUT2D eigenvalue weighted by Gasteiger charge is 2.26. The van der Waals surface area contributed by atoms with Crippen LogP contribution in [-0.4, -0.2) is 25.0 Å². The average Bonchev–Trinajstić information content (AvgIpc) is 3.02. The molecule has 2 unspecified atom stereocenters. The molecular formula is C20H21F3N2O. The summed E-state index contributed by atoms with van der Waals surface area (Å²) in [6, 6.07) is 9.66. The van der Waals surface area contributed by atoms with E-state index in [-0.39, 0.29) is 30.1 Å². The molecule has 1 heterocycles. The molecule has 2 atom stereocenters. The maximum absolute atomic E-state index is 13.9. The summed E-state index contributed by atoms with van der Waals surface area (Å²) >= 11 is 0. The Bertz CT molecular complexity index is 796. The third kappa shape index (κ3) is 4.36. The SMILES string of the molecule is CC(CC(=O)NC1CCN(c2ccc(F)cc2F)C1)c1cccc(F)c1. The summed E-state index contributed by atoms with van der Waals surface area (Å²) in [5.74, 6) is -1.74. The Kier molecular flexibility index (Phi) is 5.49. The number of amides is 1. The first-order chi connectivity index (χ1) is 12.4. The van der Waals surface area contributed by atoms with Crippen LogP contribution >= 0.6 is 0 Å². The van der Waals surface area contributed by atoms with E-state index in [0.717, 1.165) is 11.6 Å². The fraction of sp³-hybridized carbons (Fsp3) is 0.350. The number of anilines is 1. The van der Waals surface area contributed by atoms with Crippen LogP contribution < -0.4 is 10.2 Å². The van der Waals surface area contributed by atoms with Crippen LogP contribution in [0, 0.1) is 17.5 Å². The van der Waals surface area contributed by atoms with Gasteiger partial charge in [0, 0.05) is 31.6 Å². The van der Waals surface area contributed by atoms with Gasteiger partial charge in [-0.3, -0.25) is 4.79 Å². The van der Waals surface area contributed by atoms with E-state index < -0.39 is 11.6 Å². The number of hydrogen-bond donors (Lipinski definition) is 1. The predicted octanol–water partition coefficient (Wildman–Crippen LogP) is 3.99. The predicted molar refractivity (Wildman–Crippen MR) is 94.6 cm³/mol. The van der Waals surface area contributed by atoms with Gasteiger partial charge in [0.15, 0.2) is 0 Å². The lowest BCUT2D eigenvalue weighted by atomic mass is 9.97. The van der Waals surface area contributed by atoms with Gasteiger partial charge in [-0.15, -0.1) is 0 Å². The Morgan fingerprint density at radius 1 is 1.19 bits per heavy atom. The van der Waals surface area contributed by atoms with Crippen molar-refractivity contribution in [2.24, 2.45) is 0 Å². The lowest BCUT2D eigenvalue weighted by molar-refractivity contribution is -0.122. The highest BCUT2D eigenvalue weighted by Crippen LogP contribution is 2.25. The van der Waals surface area contributed by atoms with Gasteiger partial charge in [-0.05, 0) is 42.2 Å². The van der Waals surface area contributed by atoms with Crippen LogP contribution in [-0.2, 0) is 4.79 Å². The summed E-state index contributed by atoms with van der Waals surface area (Å²) in [6.07, 6.45) is 0.946. The standard InChI is InChI=1S/C20H21F3N2O/c1-13(14-3-2-4-15(21)10-14)9-20(26)24-17-7-8-25(12-17)19-6-5-16(22)11-18(19)23/h2-6,10-11,13,17H,7-9,12H2,1H3,(H,24,26). The molecule has 0 saturated carbocycles. The molecule has 3 nitrogen and oxygen atoms in total. The number of benzene rings is 2. The Morgan fingerprint density at radius 3 is 2.69 bits per heavy atom. The van der Waals surface area contributed by atoms with Crippen molar-refractivity contribution in [2.45, 2.75) is 31.7 Å². The van der Waals surface area contributed by atoms with Gasteiger partial charge in [-0.1, -0.05) is 19.1 Å². The van der Waals surface area contributed by atoms with Crippen molar-refractivity contribution < 1.29 is 18.0 Å². The fourth-order valence-corrected chi connectivity index (χ4v) is 3.33. The molecule has 0 aliphatic carbocycles. The molecule has 0 aromatic heterocycles. The largest absolute Gasteiger partial charge is 0.367 e. The fourth-order valence-electron chi connectivity index (χ4n) is 3.33. The molecule has 1 aliphatic rings. The van der Waals surface area contributed by atoms with Gasteiger partial charge < -0.3 is 10.2 Å². The molecule has 1 saturated heterocycles. The van der Waals surface area contributed by atoms with Crippen LogP contribution in [0.15, 0.2) is 42.5 Å². The van der Waals surface area contributed by atoms with E-state index in [1.807, 2.05) is 6.92 Å². The van der Waals surface area contributed by atoms with Crippen molar-refractivity contribution in [3.8, 4) is 0 Å². The van der Waals surface area contributed by atoms with Crippen molar-refractivity contribution in [2.75, 3.05) is 18.0 Å². The second-order valence-corrected chi connectivity index (χ2v) is 6.76. The average molecular weight is 362 g/mol. The number of halogens is 3. The number of rotatable bonds is 5. The maximum atomic E-state index is 13.9. The molecule has 6 heteroatoms. The second kappa shape index (κ2) is 7.81. The van der Waals surface area contributed by atoms with Gasteiger partial charge in [0.25, 0.3) is 0 Å². The van der Waals surface area contributed by atoms with E-state index in [2.05, 4.69) is 5.32 Å². The van der Waals surface area contributed by atoms with Gasteiger partial charge in [-0.2, -0.15) is 0 Å². The second-order valence-electron chi connectivity index (χ2n) is 6.76. The molecule has 138 valence electrons. The maximum Gasteiger partial charge on any atom is 0.220 e. The first-order valence-electron chi connectivity index (χ1n) is 8.67. The zero-order valence-electron chi connectivity index (χ0n) is 14.5. The lowest BCUT2D eigenvalue weighted by Gasteiger charge is -2.20. The first-order valence-corrected chi connectivity index (χ1v) is 8.67. The van der Waals surface area contributed by atoms with Crippen molar-refractivity contribution >= 4 is 11.6 Å². The highest BCUT2D eigenvalue weighted by atomic mass is 19.1. The van der Waals surface area contributed by atoms with E-state index in [0.29, 0.717) is 25.2 Å². The minimum absolute atomic E-state index is 0.0911. The van der Waals surface area contributed by atoms with Crippen LogP contribution in [0.5, 0.6) is 0 Å². The van der Waals surface area contributed by atoms with E-state index in [1.165, 1.54) is 24.3 Å². The summed E-state index contributed by atoms with van der Waals surface area (Å²) in [7, 11) is 0. The van der Waals surface area contributed by atoms with E-state index in [9.17, 15) is 18.0 Å². The number of nitrogens with one attached hydrogen (secondary N) is 1. The highest BCUT2D eigenvalue weighted by molar-refractivity contribution is 5.77. The summed E-state index contributed by atoms with van der Waals surface area (Å²) < 4.78 is 40.2. The topological polar surface area (TPSA) is 32.3 Å². The molecule has 0 radical (unpaired) electrons. The van der Waals surface area contributed by atoms with Gasteiger partial charge in [0.1, 0.15) is 17.5 Å². The lowest BCUT2D eigenvalue weighted by Crippen LogP contribution is -2.37. The third-order valence-corrected chi connectivity index (χ3v) is 4.71. The van der Waals surface area contributed by atoms with E-state index >= 15 is 0 Å². The molecule has 2 aromatic rings. The molecule has 1 amide bonds. The minimum Gasteiger partial charge on any atom is -0.367 e. The summed E-state index contributed by atoms with van der Waals surface area (Å²) in [6.45, 7) is 2.94. The van der Waals surface area contributed by atoms with Crippen LogP contribution in [0.1, 0.15) is 31.2 Å². The molecule has 3 rings (SSSR count). The molecule has 26 heavy (non-hydrogen) atoms. The molecule has 1 fully saturated rings. The molecule has 0 spiro atoms. The zero-order valence-corrected chi connectivity index (χ0v) is 14.5. The molecule has 1 aliphatic heterocycles. The third-order valence-electron chi connectivity index (χ3n) is 4.71. The van der Waals surface area contributed by atoms with Crippen LogP contribution in [0.3, 0.4) is 0 Å². The van der Waals surface area contributed by atoms with E-state index in [1.54, 1.807) is 17.0 Å². The van der Waals surface area contributed by atoms with Crippen molar-refractivity contribution in [3.05, 3.63) is 65.5 Å². The van der Waals surface area contributed by atoms with E-state index in [4.69, 9.17) is 0 Å². The minimum atomic E-state index is -0.610. The van der Waals surface area contributed by atoms with Crippen LogP contribution in [0.4, 0.5) is 18.9 Å². The van der Waals surface area contributed by atoms with Crippen LogP contribution in [0.2, 0.25) is 0 Å².